The normalized spacial score (nSPS) is 18.6. The van der Waals surface area contributed by atoms with E-state index in [1.807, 2.05) is 0 Å². The predicted octanol–water partition coefficient (Wildman–Crippen LogP) is 0.555. The van der Waals surface area contributed by atoms with E-state index in [-0.39, 0.29) is 6.61 Å². The molecular formula is C12H19F3N4O. The summed E-state index contributed by atoms with van der Waals surface area (Å²) in [4.78, 5) is 8.24. The van der Waals surface area contributed by atoms with Gasteiger partial charge in [-0.1, -0.05) is 0 Å². The minimum Gasteiger partial charge on any atom is -0.395 e. The van der Waals surface area contributed by atoms with Crippen LogP contribution in [-0.2, 0) is 13.1 Å². The molecule has 8 heteroatoms. The number of hydrogen-bond donors (Lipinski definition) is 1. The van der Waals surface area contributed by atoms with Gasteiger partial charge in [-0.25, -0.2) is 4.98 Å². The number of nitrogens with zero attached hydrogens (tertiary/aromatic N) is 4. The van der Waals surface area contributed by atoms with Crippen molar-refractivity contribution in [1.82, 2.24) is 19.4 Å². The zero-order valence-electron chi connectivity index (χ0n) is 11.2. The number of rotatable bonds is 5. The van der Waals surface area contributed by atoms with Gasteiger partial charge < -0.3 is 9.67 Å². The number of piperazine rings is 1. The van der Waals surface area contributed by atoms with E-state index in [0.717, 1.165) is 30.7 Å². The van der Waals surface area contributed by atoms with Gasteiger partial charge in [0.05, 0.1) is 13.2 Å². The molecule has 1 fully saturated rings. The lowest BCUT2D eigenvalue weighted by Crippen LogP contribution is -2.47. The molecule has 1 aliphatic heterocycles. The fourth-order valence-corrected chi connectivity index (χ4v) is 2.34. The third-order valence-electron chi connectivity index (χ3n) is 3.40. The van der Waals surface area contributed by atoms with Gasteiger partial charge >= 0.3 is 6.18 Å². The number of aliphatic hydroxyl groups is 1. The van der Waals surface area contributed by atoms with E-state index in [4.69, 9.17) is 5.11 Å². The lowest BCUT2D eigenvalue weighted by Gasteiger charge is -2.34. The van der Waals surface area contributed by atoms with Gasteiger partial charge in [0.15, 0.2) is 0 Å². The Morgan fingerprint density at radius 1 is 1.15 bits per heavy atom. The first kappa shape index (κ1) is 15.3. The van der Waals surface area contributed by atoms with Gasteiger partial charge in [0, 0.05) is 45.1 Å². The van der Waals surface area contributed by atoms with E-state index < -0.39 is 12.7 Å². The lowest BCUT2D eigenvalue weighted by atomic mass is 10.3. The van der Waals surface area contributed by atoms with Crippen molar-refractivity contribution in [3.63, 3.8) is 0 Å². The van der Waals surface area contributed by atoms with Gasteiger partial charge in [-0.3, -0.25) is 9.80 Å². The summed E-state index contributed by atoms with van der Waals surface area (Å²) in [5.41, 5.74) is 0. The molecular weight excluding hydrogens is 273 g/mol. The Hall–Kier alpha value is -1.12. The first-order valence-electron chi connectivity index (χ1n) is 6.60. The van der Waals surface area contributed by atoms with Crippen molar-refractivity contribution in [2.75, 3.05) is 39.3 Å². The third-order valence-corrected chi connectivity index (χ3v) is 3.40. The topological polar surface area (TPSA) is 44.5 Å². The zero-order valence-corrected chi connectivity index (χ0v) is 11.2. The fourth-order valence-electron chi connectivity index (χ4n) is 2.34. The van der Waals surface area contributed by atoms with Crippen molar-refractivity contribution in [3.8, 4) is 0 Å². The Morgan fingerprint density at radius 2 is 1.80 bits per heavy atom. The van der Waals surface area contributed by atoms with Gasteiger partial charge in [-0.2, -0.15) is 13.2 Å². The molecule has 2 rings (SSSR count). The lowest BCUT2D eigenvalue weighted by molar-refractivity contribution is -0.141. The molecule has 5 nitrogen and oxygen atoms in total. The number of hydrogen-bond acceptors (Lipinski definition) is 4. The van der Waals surface area contributed by atoms with E-state index in [9.17, 15) is 13.2 Å². The summed E-state index contributed by atoms with van der Waals surface area (Å²) in [6.45, 7) is 3.41. The molecule has 0 aromatic carbocycles. The Morgan fingerprint density at radius 3 is 2.40 bits per heavy atom. The van der Waals surface area contributed by atoms with Crippen LogP contribution in [0, 0.1) is 0 Å². The van der Waals surface area contributed by atoms with Crippen molar-refractivity contribution in [2.24, 2.45) is 0 Å². The highest BCUT2D eigenvalue weighted by Crippen LogP contribution is 2.19. The van der Waals surface area contributed by atoms with E-state index in [2.05, 4.69) is 14.8 Å². The maximum Gasteiger partial charge on any atom is 0.406 e. The highest BCUT2D eigenvalue weighted by molar-refractivity contribution is 4.94. The molecule has 0 unspecified atom stereocenters. The van der Waals surface area contributed by atoms with Crippen LogP contribution in [0.25, 0.3) is 0 Å². The number of alkyl halides is 3. The van der Waals surface area contributed by atoms with E-state index in [1.165, 1.54) is 12.4 Å². The predicted molar refractivity (Wildman–Crippen MR) is 67.1 cm³/mol. The van der Waals surface area contributed by atoms with Crippen molar-refractivity contribution in [3.05, 3.63) is 18.2 Å². The molecule has 0 aliphatic carbocycles. The first-order chi connectivity index (χ1) is 9.48. The van der Waals surface area contributed by atoms with Crippen molar-refractivity contribution < 1.29 is 18.3 Å². The average molecular weight is 292 g/mol. The molecule has 0 atom stereocenters. The van der Waals surface area contributed by atoms with Gasteiger partial charge in [0.2, 0.25) is 0 Å². The molecule has 1 aromatic heterocycles. The number of aliphatic hydroxyl groups excluding tert-OH is 1. The first-order valence-corrected chi connectivity index (χ1v) is 6.60. The number of β-amino-alcohol motifs (C(OH)–C–C–N with tert-alkyl or cyclic N) is 1. The SMILES string of the molecule is OCCN1CCN(Cc2nccn2CC(F)(F)F)CC1. The Bertz CT molecular complexity index is 413. The summed E-state index contributed by atoms with van der Waals surface area (Å²) in [6.07, 6.45) is -1.46. The molecule has 20 heavy (non-hydrogen) atoms. The molecule has 0 amide bonds. The third kappa shape index (κ3) is 4.46. The summed E-state index contributed by atoms with van der Waals surface area (Å²) >= 11 is 0. The number of aromatic nitrogens is 2. The smallest absolute Gasteiger partial charge is 0.395 e. The summed E-state index contributed by atoms with van der Waals surface area (Å²) < 4.78 is 38.4. The van der Waals surface area contributed by atoms with Crippen molar-refractivity contribution in [1.29, 1.82) is 0 Å². The highest BCUT2D eigenvalue weighted by Gasteiger charge is 2.29. The van der Waals surface area contributed by atoms with Gasteiger partial charge in [-0.15, -0.1) is 0 Å². The largest absolute Gasteiger partial charge is 0.406 e. The number of imidazole rings is 1. The molecule has 1 aromatic rings. The molecule has 114 valence electrons. The molecule has 1 saturated heterocycles. The Kier molecular flexibility index (Phi) is 5.00. The molecule has 2 heterocycles. The highest BCUT2D eigenvalue weighted by atomic mass is 19.4. The molecule has 1 aliphatic rings. The Balaban J connectivity index is 1.87. The van der Waals surface area contributed by atoms with E-state index in [1.54, 1.807) is 0 Å². The van der Waals surface area contributed by atoms with Crippen LogP contribution < -0.4 is 0 Å². The van der Waals surface area contributed by atoms with Crippen LogP contribution in [0.2, 0.25) is 0 Å². The minimum absolute atomic E-state index is 0.135. The van der Waals surface area contributed by atoms with E-state index in [0.29, 0.717) is 18.9 Å². The number of halogens is 3. The van der Waals surface area contributed by atoms with Crippen molar-refractivity contribution >= 4 is 0 Å². The Labute approximate surface area is 115 Å². The van der Waals surface area contributed by atoms with Gasteiger partial charge in [0.1, 0.15) is 12.4 Å². The summed E-state index contributed by atoms with van der Waals surface area (Å²) in [5.74, 6) is 0.443. The summed E-state index contributed by atoms with van der Waals surface area (Å²) in [5, 5.41) is 8.86. The van der Waals surface area contributed by atoms with Gasteiger partial charge in [0.25, 0.3) is 0 Å². The molecule has 0 bridgehead atoms. The van der Waals surface area contributed by atoms with Crippen LogP contribution in [-0.4, -0.2) is 70.0 Å². The monoisotopic (exact) mass is 292 g/mol. The quantitative estimate of drug-likeness (QED) is 0.861. The second-order valence-corrected chi connectivity index (χ2v) is 4.93. The standard InChI is InChI=1S/C12H19F3N4O/c13-12(14,15)10-19-2-1-16-11(19)9-18-5-3-17(4-6-18)7-8-20/h1-2,20H,3-10H2. The van der Waals surface area contributed by atoms with Gasteiger partial charge in [-0.05, 0) is 0 Å². The average Bonchev–Trinajstić information content (AvgIpc) is 2.77. The van der Waals surface area contributed by atoms with Crippen LogP contribution in [0.15, 0.2) is 12.4 Å². The summed E-state index contributed by atoms with van der Waals surface area (Å²) in [7, 11) is 0. The molecule has 0 saturated carbocycles. The maximum atomic E-state index is 12.4. The van der Waals surface area contributed by atoms with Crippen LogP contribution in [0.3, 0.4) is 0 Å². The maximum absolute atomic E-state index is 12.4. The van der Waals surface area contributed by atoms with E-state index >= 15 is 0 Å². The van der Waals surface area contributed by atoms with Crippen LogP contribution >= 0.6 is 0 Å². The molecule has 0 spiro atoms. The fraction of sp³-hybridized carbons (Fsp3) is 0.750. The summed E-state index contributed by atoms with van der Waals surface area (Å²) in [6, 6.07) is 0. The van der Waals surface area contributed by atoms with Crippen LogP contribution in [0.1, 0.15) is 5.82 Å². The van der Waals surface area contributed by atoms with Crippen molar-refractivity contribution in [2.45, 2.75) is 19.3 Å². The zero-order chi connectivity index (χ0) is 14.6. The second kappa shape index (κ2) is 6.55. The second-order valence-electron chi connectivity index (χ2n) is 4.93. The van der Waals surface area contributed by atoms with Crippen LogP contribution in [0.4, 0.5) is 13.2 Å². The molecule has 0 radical (unpaired) electrons. The minimum atomic E-state index is -4.23. The molecule has 1 N–H and O–H groups in total. The van der Waals surface area contributed by atoms with Crippen LogP contribution in [0.5, 0.6) is 0 Å².